The molecule has 0 unspecified atom stereocenters. The van der Waals surface area contributed by atoms with E-state index in [9.17, 15) is 4.79 Å². The van der Waals surface area contributed by atoms with Crippen LogP contribution in [0.2, 0.25) is 0 Å². The Balaban J connectivity index is 1.68. The third-order valence-electron chi connectivity index (χ3n) is 3.99. The summed E-state index contributed by atoms with van der Waals surface area (Å²) in [6.07, 6.45) is 0.667. The Morgan fingerprint density at radius 1 is 1.20 bits per heavy atom. The summed E-state index contributed by atoms with van der Waals surface area (Å²) < 4.78 is 8.32. The van der Waals surface area contributed by atoms with Crippen molar-refractivity contribution in [2.24, 2.45) is 0 Å². The predicted octanol–water partition coefficient (Wildman–Crippen LogP) is 3.42. The Morgan fingerprint density at radius 2 is 1.96 bits per heavy atom. The van der Waals surface area contributed by atoms with E-state index in [0.717, 1.165) is 27.9 Å². The van der Waals surface area contributed by atoms with Crippen LogP contribution in [0.1, 0.15) is 16.2 Å². The second-order valence-electron chi connectivity index (χ2n) is 5.67. The molecule has 0 aliphatic rings. The number of carbonyl (C=O) groups is 1. The van der Waals surface area contributed by atoms with Gasteiger partial charge in [-0.3, -0.25) is 4.79 Å². The SMILES string of the molecule is COCCn1c(CCNC(=O)c2ccc(Br)cc2)nc2ccccc21. The van der Waals surface area contributed by atoms with Crippen LogP contribution < -0.4 is 5.32 Å². The average molecular weight is 402 g/mol. The first-order valence-corrected chi connectivity index (χ1v) is 8.95. The quantitative estimate of drug-likeness (QED) is 0.659. The molecule has 3 rings (SSSR count). The number of halogens is 1. The molecule has 130 valence electrons. The molecule has 3 aromatic rings. The highest BCUT2D eigenvalue weighted by molar-refractivity contribution is 9.10. The molecule has 0 bridgehead atoms. The Morgan fingerprint density at radius 3 is 2.72 bits per heavy atom. The fraction of sp³-hybridized carbons (Fsp3) is 0.263. The lowest BCUT2D eigenvalue weighted by molar-refractivity contribution is 0.0954. The van der Waals surface area contributed by atoms with Crippen molar-refractivity contribution in [1.29, 1.82) is 0 Å². The molecule has 5 nitrogen and oxygen atoms in total. The first-order valence-electron chi connectivity index (χ1n) is 8.16. The lowest BCUT2D eigenvalue weighted by atomic mass is 10.2. The van der Waals surface area contributed by atoms with Gasteiger partial charge in [-0.2, -0.15) is 0 Å². The van der Waals surface area contributed by atoms with E-state index in [2.05, 4.69) is 31.9 Å². The van der Waals surface area contributed by atoms with Gasteiger partial charge >= 0.3 is 0 Å². The standard InChI is InChI=1S/C19H20BrN3O2/c1-25-13-12-23-17-5-3-2-4-16(17)22-18(23)10-11-21-19(24)14-6-8-15(20)9-7-14/h2-9H,10-13H2,1H3,(H,21,24). The number of ether oxygens (including phenoxy) is 1. The second kappa shape index (κ2) is 8.27. The predicted molar refractivity (Wildman–Crippen MR) is 102 cm³/mol. The van der Waals surface area contributed by atoms with Crippen LogP contribution in [-0.2, 0) is 17.7 Å². The number of methoxy groups -OCH3 is 1. The van der Waals surface area contributed by atoms with Crippen LogP contribution in [0.5, 0.6) is 0 Å². The monoisotopic (exact) mass is 401 g/mol. The molecule has 25 heavy (non-hydrogen) atoms. The van der Waals surface area contributed by atoms with E-state index in [1.807, 2.05) is 30.3 Å². The largest absolute Gasteiger partial charge is 0.383 e. The van der Waals surface area contributed by atoms with E-state index >= 15 is 0 Å². The molecule has 0 aliphatic carbocycles. The highest BCUT2D eigenvalue weighted by Crippen LogP contribution is 2.16. The summed E-state index contributed by atoms with van der Waals surface area (Å²) in [5.74, 6) is 0.876. The first kappa shape index (κ1) is 17.6. The summed E-state index contributed by atoms with van der Waals surface area (Å²) in [4.78, 5) is 16.9. The highest BCUT2D eigenvalue weighted by atomic mass is 79.9. The molecule has 0 spiro atoms. The van der Waals surface area contributed by atoms with Crippen molar-refractivity contribution >= 4 is 32.9 Å². The first-order chi connectivity index (χ1) is 12.2. The van der Waals surface area contributed by atoms with Gasteiger partial charge in [0.15, 0.2) is 0 Å². The van der Waals surface area contributed by atoms with Gasteiger partial charge in [0.1, 0.15) is 5.82 Å². The molecule has 0 aliphatic heterocycles. The van der Waals surface area contributed by atoms with Crippen LogP contribution >= 0.6 is 15.9 Å². The molecule has 0 atom stereocenters. The van der Waals surface area contributed by atoms with Crippen LogP contribution in [0.15, 0.2) is 53.0 Å². The zero-order chi connectivity index (χ0) is 17.6. The number of para-hydroxylation sites is 2. The fourth-order valence-electron chi connectivity index (χ4n) is 2.74. The highest BCUT2D eigenvalue weighted by Gasteiger charge is 2.11. The lowest BCUT2D eigenvalue weighted by Crippen LogP contribution is -2.26. The number of imidazole rings is 1. The average Bonchev–Trinajstić information content (AvgIpc) is 2.98. The number of benzene rings is 2. The molecular weight excluding hydrogens is 382 g/mol. The van der Waals surface area contributed by atoms with Crippen molar-refractivity contribution in [2.75, 3.05) is 20.3 Å². The minimum Gasteiger partial charge on any atom is -0.383 e. The van der Waals surface area contributed by atoms with Crippen molar-refractivity contribution in [3.63, 3.8) is 0 Å². The van der Waals surface area contributed by atoms with Crippen molar-refractivity contribution in [3.8, 4) is 0 Å². The molecule has 0 saturated carbocycles. The number of hydrogen-bond acceptors (Lipinski definition) is 3. The Labute approximate surface area is 155 Å². The number of fused-ring (bicyclic) bond motifs is 1. The number of carbonyl (C=O) groups excluding carboxylic acids is 1. The Bertz CT molecular complexity index is 859. The molecule has 0 saturated heterocycles. The summed E-state index contributed by atoms with van der Waals surface area (Å²) >= 11 is 3.37. The van der Waals surface area contributed by atoms with Gasteiger partial charge in [-0.1, -0.05) is 28.1 Å². The van der Waals surface area contributed by atoms with Crippen molar-refractivity contribution in [1.82, 2.24) is 14.9 Å². The molecule has 6 heteroatoms. The summed E-state index contributed by atoms with van der Waals surface area (Å²) in [5.41, 5.74) is 2.71. The third-order valence-corrected chi connectivity index (χ3v) is 4.52. The van der Waals surface area contributed by atoms with Gasteiger partial charge in [-0.25, -0.2) is 4.98 Å². The number of aromatic nitrogens is 2. The summed E-state index contributed by atoms with van der Waals surface area (Å²) in [6, 6.07) is 15.4. The topological polar surface area (TPSA) is 56.1 Å². The zero-order valence-electron chi connectivity index (χ0n) is 14.0. The minimum absolute atomic E-state index is 0.0768. The molecule has 1 heterocycles. The lowest BCUT2D eigenvalue weighted by Gasteiger charge is -2.09. The van der Waals surface area contributed by atoms with Gasteiger partial charge in [-0.05, 0) is 36.4 Å². The van der Waals surface area contributed by atoms with E-state index in [1.54, 1.807) is 19.2 Å². The minimum atomic E-state index is -0.0768. The Hall–Kier alpha value is -2.18. The van der Waals surface area contributed by atoms with Gasteiger partial charge in [0.2, 0.25) is 0 Å². The summed E-state index contributed by atoms with van der Waals surface area (Å²) in [6.45, 7) is 1.90. The van der Waals surface area contributed by atoms with Gasteiger partial charge in [0.05, 0.1) is 17.6 Å². The number of nitrogens with one attached hydrogen (secondary N) is 1. The maximum atomic E-state index is 12.2. The smallest absolute Gasteiger partial charge is 0.251 e. The molecule has 0 radical (unpaired) electrons. The van der Waals surface area contributed by atoms with E-state index in [1.165, 1.54) is 0 Å². The number of hydrogen-bond donors (Lipinski definition) is 1. The molecule has 1 amide bonds. The molecule has 1 N–H and O–H groups in total. The van der Waals surface area contributed by atoms with Crippen LogP contribution in [0.4, 0.5) is 0 Å². The van der Waals surface area contributed by atoms with Crippen molar-refractivity contribution < 1.29 is 9.53 Å². The maximum Gasteiger partial charge on any atom is 0.251 e. The third kappa shape index (κ3) is 4.27. The fourth-order valence-corrected chi connectivity index (χ4v) is 3.00. The number of amides is 1. The van der Waals surface area contributed by atoms with E-state index in [-0.39, 0.29) is 5.91 Å². The van der Waals surface area contributed by atoms with E-state index in [0.29, 0.717) is 25.1 Å². The molecule has 2 aromatic carbocycles. The van der Waals surface area contributed by atoms with Crippen LogP contribution in [0.25, 0.3) is 11.0 Å². The van der Waals surface area contributed by atoms with Gasteiger partial charge in [0.25, 0.3) is 5.91 Å². The van der Waals surface area contributed by atoms with Crippen LogP contribution in [-0.4, -0.2) is 35.7 Å². The molecular formula is C19H20BrN3O2. The van der Waals surface area contributed by atoms with Crippen molar-refractivity contribution in [3.05, 3.63) is 64.4 Å². The van der Waals surface area contributed by atoms with Crippen molar-refractivity contribution in [2.45, 2.75) is 13.0 Å². The second-order valence-corrected chi connectivity index (χ2v) is 6.59. The van der Waals surface area contributed by atoms with Gasteiger partial charge < -0.3 is 14.6 Å². The normalized spacial score (nSPS) is 11.0. The summed E-state index contributed by atoms with van der Waals surface area (Å²) in [7, 11) is 1.69. The summed E-state index contributed by atoms with van der Waals surface area (Å²) in [5, 5.41) is 2.96. The van der Waals surface area contributed by atoms with Crippen LogP contribution in [0.3, 0.4) is 0 Å². The number of rotatable bonds is 7. The number of nitrogens with zero attached hydrogens (tertiary/aromatic N) is 2. The zero-order valence-corrected chi connectivity index (χ0v) is 15.6. The van der Waals surface area contributed by atoms with E-state index in [4.69, 9.17) is 9.72 Å². The molecule has 1 aromatic heterocycles. The van der Waals surface area contributed by atoms with Gasteiger partial charge in [0, 0.05) is 36.7 Å². The molecule has 0 fully saturated rings. The maximum absolute atomic E-state index is 12.2. The van der Waals surface area contributed by atoms with Gasteiger partial charge in [-0.15, -0.1) is 0 Å². The Kier molecular flexibility index (Phi) is 5.83. The van der Waals surface area contributed by atoms with E-state index < -0.39 is 0 Å². The van der Waals surface area contributed by atoms with Crippen LogP contribution in [0, 0.1) is 0 Å².